The Morgan fingerprint density at radius 1 is 0.679 bits per heavy atom. The van der Waals surface area contributed by atoms with Crippen LogP contribution in [0.1, 0.15) is 0 Å². The van der Waals surface area contributed by atoms with Crippen LogP contribution >= 0.6 is 0 Å². The molecule has 0 heterocycles. The maximum absolute atomic E-state index is 10.1. The van der Waals surface area contributed by atoms with Crippen molar-refractivity contribution < 1.29 is 19.7 Å². The van der Waals surface area contributed by atoms with Crippen molar-refractivity contribution in [3.8, 4) is 11.5 Å². The molecule has 2 N–H and O–H groups in total. The molecule has 28 heavy (non-hydrogen) atoms. The van der Waals surface area contributed by atoms with E-state index < -0.39 is 12.2 Å². The minimum Gasteiger partial charge on any atom is -0.491 e. The Morgan fingerprint density at radius 3 is 1.39 bits per heavy atom. The summed E-state index contributed by atoms with van der Waals surface area (Å²) in [5.41, 5.74) is 0. The van der Waals surface area contributed by atoms with Gasteiger partial charge in [0.2, 0.25) is 0 Å². The molecule has 154 valence electrons. The van der Waals surface area contributed by atoms with E-state index in [1.165, 1.54) is 0 Å². The van der Waals surface area contributed by atoms with E-state index in [1.54, 1.807) is 0 Å². The summed E-state index contributed by atoms with van der Waals surface area (Å²) in [5.74, 6) is 1.52. The van der Waals surface area contributed by atoms with Crippen LogP contribution in [0.2, 0.25) is 0 Å². The third-order valence-corrected chi connectivity index (χ3v) is 4.28. The normalized spacial score (nSPS) is 13.5. The number of nitrogens with zero attached hydrogens (tertiary/aromatic N) is 2. The summed E-state index contributed by atoms with van der Waals surface area (Å²) in [6, 6.07) is 19.0. The molecule has 0 aliphatic heterocycles. The summed E-state index contributed by atoms with van der Waals surface area (Å²) < 4.78 is 11.2. The molecule has 0 amide bonds. The molecule has 6 nitrogen and oxygen atoms in total. The Morgan fingerprint density at radius 2 is 1.04 bits per heavy atom. The maximum atomic E-state index is 10.1. The first-order valence-electron chi connectivity index (χ1n) is 9.62. The highest BCUT2D eigenvalue weighted by atomic mass is 16.5. The van der Waals surface area contributed by atoms with Crippen molar-refractivity contribution in [2.24, 2.45) is 0 Å². The molecule has 0 aliphatic rings. The van der Waals surface area contributed by atoms with Gasteiger partial charge in [-0.15, -0.1) is 0 Å². The summed E-state index contributed by atoms with van der Waals surface area (Å²) in [4.78, 5) is 4.12. The fourth-order valence-electron chi connectivity index (χ4n) is 2.77. The number of likely N-dealkylation sites (N-methyl/N-ethyl adjacent to an activating group) is 2. The lowest BCUT2D eigenvalue weighted by atomic mass is 10.3. The smallest absolute Gasteiger partial charge is 0.119 e. The highest BCUT2D eigenvalue weighted by Gasteiger charge is 2.12. The molecule has 2 aromatic rings. The van der Waals surface area contributed by atoms with Crippen LogP contribution in [-0.2, 0) is 0 Å². The summed E-state index contributed by atoms with van der Waals surface area (Å²) in [6.45, 7) is 3.15. The second-order valence-corrected chi connectivity index (χ2v) is 7.08. The lowest BCUT2D eigenvalue weighted by Gasteiger charge is -2.25. The van der Waals surface area contributed by atoms with E-state index in [-0.39, 0.29) is 13.2 Å². The number of aliphatic hydroxyl groups excluding tert-OH is 2. The van der Waals surface area contributed by atoms with E-state index in [9.17, 15) is 10.2 Å². The fraction of sp³-hybridized carbons (Fsp3) is 0.455. The first-order chi connectivity index (χ1) is 13.5. The minimum atomic E-state index is -0.555. The molecule has 2 unspecified atom stereocenters. The number of ether oxygens (including phenoxy) is 2. The first-order valence-corrected chi connectivity index (χ1v) is 9.62. The predicted octanol–water partition coefficient (Wildman–Crippen LogP) is 1.73. The highest BCUT2D eigenvalue weighted by molar-refractivity contribution is 5.21. The molecule has 2 aromatic carbocycles. The van der Waals surface area contributed by atoms with Gasteiger partial charge in [-0.3, -0.25) is 0 Å². The summed E-state index contributed by atoms with van der Waals surface area (Å²) in [5, 5.41) is 20.3. The predicted molar refractivity (Wildman–Crippen MR) is 111 cm³/mol. The van der Waals surface area contributed by atoms with Crippen LogP contribution in [0.15, 0.2) is 60.7 Å². The molecule has 0 spiro atoms. The molecule has 0 radical (unpaired) electrons. The van der Waals surface area contributed by atoms with Gasteiger partial charge in [-0.25, -0.2) is 0 Å². The van der Waals surface area contributed by atoms with E-state index in [4.69, 9.17) is 9.47 Å². The number of para-hydroxylation sites is 2. The Hall–Kier alpha value is -2.12. The minimum absolute atomic E-state index is 0.264. The van der Waals surface area contributed by atoms with Crippen molar-refractivity contribution >= 4 is 0 Å². The van der Waals surface area contributed by atoms with Crippen LogP contribution < -0.4 is 9.47 Å². The second kappa shape index (κ2) is 12.4. The van der Waals surface area contributed by atoms with E-state index in [2.05, 4.69) is 9.80 Å². The number of aliphatic hydroxyl groups is 2. The van der Waals surface area contributed by atoms with Gasteiger partial charge >= 0.3 is 0 Å². The van der Waals surface area contributed by atoms with Crippen molar-refractivity contribution in [3.05, 3.63) is 60.7 Å². The first kappa shape index (κ1) is 22.2. The summed E-state index contributed by atoms with van der Waals surface area (Å²) >= 11 is 0. The second-order valence-electron chi connectivity index (χ2n) is 7.08. The molecular formula is C22H32N2O4. The van der Waals surface area contributed by atoms with Crippen LogP contribution in [0.4, 0.5) is 0 Å². The van der Waals surface area contributed by atoms with Crippen molar-refractivity contribution in [3.63, 3.8) is 0 Å². The van der Waals surface area contributed by atoms with Gasteiger partial charge in [-0.2, -0.15) is 0 Å². The molecule has 0 fully saturated rings. The largest absolute Gasteiger partial charge is 0.491 e. The number of benzene rings is 2. The van der Waals surface area contributed by atoms with E-state index in [0.29, 0.717) is 13.1 Å². The molecule has 0 bridgehead atoms. The third-order valence-electron chi connectivity index (χ3n) is 4.28. The van der Waals surface area contributed by atoms with Gasteiger partial charge in [0.05, 0.1) is 0 Å². The zero-order valence-corrected chi connectivity index (χ0v) is 16.8. The van der Waals surface area contributed by atoms with E-state index in [1.807, 2.05) is 74.8 Å². The molecule has 0 saturated carbocycles. The number of hydrogen-bond acceptors (Lipinski definition) is 6. The standard InChI is InChI=1S/C22H32N2O4/c1-23(15-19(25)17-27-21-9-5-3-6-10-21)13-14-24(2)16-20(26)18-28-22-11-7-4-8-12-22/h3-12,19-20,25-26H,13-18H2,1-2H3. The van der Waals surface area contributed by atoms with Crippen LogP contribution in [0, 0.1) is 0 Å². The molecule has 0 saturated heterocycles. The molecular weight excluding hydrogens is 356 g/mol. The number of rotatable bonds is 13. The quantitative estimate of drug-likeness (QED) is 0.545. The van der Waals surface area contributed by atoms with Gasteiger partial charge in [0.1, 0.15) is 36.9 Å². The highest BCUT2D eigenvalue weighted by Crippen LogP contribution is 2.09. The zero-order valence-electron chi connectivity index (χ0n) is 16.8. The van der Waals surface area contributed by atoms with Crippen LogP contribution in [-0.4, -0.2) is 85.7 Å². The van der Waals surface area contributed by atoms with Crippen molar-refractivity contribution in [2.75, 3.05) is 53.5 Å². The van der Waals surface area contributed by atoms with Crippen molar-refractivity contribution in [1.82, 2.24) is 9.80 Å². The van der Waals surface area contributed by atoms with Gasteiger partial charge < -0.3 is 29.5 Å². The Labute approximate surface area is 167 Å². The molecule has 6 heteroatoms. The Bertz CT molecular complexity index is 584. The fourth-order valence-corrected chi connectivity index (χ4v) is 2.77. The summed E-state index contributed by atoms with van der Waals surface area (Å²) in [6.07, 6.45) is -1.11. The summed E-state index contributed by atoms with van der Waals surface area (Å²) in [7, 11) is 3.93. The molecule has 2 rings (SSSR count). The average Bonchev–Trinajstić information content (AvgIpc) is 2.71. The van der Waals surface area contributed by atoms with Crippen LogP contribution in [0.3, 0.4) is 0 Å². The molecule has 0 aliphatic carbocycles. The van der Waals surface area contributed by atoms with Gasteiger partial charge in [-0.1, -0.05) is 36.4 Å². The lowest BCUT2D eigenvalue weighted by molar-refractivity contribution is 0.0617. The van der Waals surface area contributed by atoms with Crippen molar-refractivity contribution in [2.45, 2.75) is 12.2 Å². The third kappa shape index (κ3) is 9.19. The monoisotopic (exact) mass is 388 g/mol. The van der Waals surface area contributed by atoms with Gasteiger partial charge in [-0.05, 0) is 38.4 Å². The van der Waals surface area contributed by atoms with Gasteiger partial charge in [0.25, 0.3) is 0 Å². The molecule has 0 aromatic heterocycles. The average molecular weight is 389 g/mol. The molecule has 2 atom stereocenters. The van der Waals surface area contributed by atoms with E-state index >= 15 is 0 Å². The lowest BCUT2D eigenvalue weighted by Crippen LogP contribution is -2.40. The van der Waals surface area contributed by atoms with Crippen molar-refractivity contribution in [1.29, 1.82) is 0 Å². The number of hydrogen-bond donors (Lipinski definition) is 2. The maximum Gasteiger partial charge on any atom is 0.119 e. The zero-order chi connectivity index (χ0) is 20.2. The topological polar surface area (TPSA) is 65.4 Å². The SMILES string of the molecule is CN(CCN(C)CC(O)COc1ccccc1)CC(O)COc1ccccc1. The Kier molecular flexibility index (Phi) is 9.79. The Balaban J connectivity index is 1.57. The van der Waals surface area contributed by atoms with Gasteiger partial charge in [0, 0.05) is 26.2 Å². The van der Waals surface area contributed by atoms with E-state index in [0.717, 1.165) is 24.6 Å². The van der Waals surface area contributed by atoms with Crippen LogP contribution in [0.25, 0.3) is 0 Å². The van der Waals surface area contributed by atoms with Crippen LogP contribution in [0.5, 0.6) is 11.5 Å². The van der Waals surface area contributed by atoms with Gasteiger partial charge in [0.15, 0.2) is 0 Å².